The molecule has 0 fully saturated rings. The van der Waals surface area contributed by atoms with Crippen LogP contribution in [0.2, 0.25) is 5.02 Å². The van der Waals surface area contributed by atoms with Crippen molar-refractivity contribution in [2.24, 2.45) is 5.73 Å². The molecule has 0 aliphatic carbocycles. The minimum absolute atomic E-state index is 0.0554. The molecule has 3 aromatic heterocycles. The van der Waals surface area contributed by atoms with Crippen molar-refractivity contribution >= 4 is 49.6 Å². The number of rotatable bonds is 8. The SMILES string of the molecule is COCc1nc(NCC(N)Cc2cccc(Cl)c2)sc1-c1nc2ccncc2s1. The van der Waals surface area contributed by atoms with Crippen LogP contribution < -0.4 is 11.1 Å². The summed E-state index contributed by atoms with van der Waals surface area (Å²) in [5.41, 5.74) is 9.23. The summed E-state index contributed by atoms with van der Waals surface area (Å²) in [5.74, 6) is 0. The summed E-state index contributed by atoms with van der Waals surface area (Å²) in [5, 5.41) is 5.82. The smallest absolute Gasteiger partial charge is 0.183 e. The number of benzene rings is 1. The molecule has 1 unspecified atom stereocenters. The fourth-order valence-electron chi connectivity index (χ4n) is 2.96. The molecule has 0 aliphatic heterocycles. The summed E-state index contributed by atoms with van der Waals surface area (Å²) in [6.07, 6.45) is 4.33. The van der Waals surface area contributed by atoms with Crippen molar-refractivity contribution in [1.29, 1.82) is 0 Å². The van der Waals surface area contributed by atoms with E-state index in [1.807, 2.05) is 36.5 Å². The maximum Gasteiger partial charge on any atom is 0.183 e. The number of nitrogens with one attached hydrogen (secondary N) is 1. The molecule has 0 saturated carbocycles. The lowest BCUT2D eigenvalue weighted by molar-refractivity contribution is 0.182. The largest absolute Gasteiger partial charge is 0.378 e. The zero-order chi connectivity index (χ0) is 20.2. The van der Waals surface area contributed by atoms with Crippen molar-refractivity contribution in [3.05, 3.63) is 59.0 Å². The highest BCUT2D eigenvalue weighted by molar-refractivity contribution is 7.26. The maximum atomic E-state index is 6.30. The zero-order valence-electron chi connectivity index (χ0n) is 15.8. The van der Waals surface area contributed by atoms with Crippen molar-refractivity contribution in [3.8, 4) is 9.88 Å². The van der Waals surface area contributed by atoms with Gasteiger partial charge in [0.2, 0.25) is 0 Å². The molecule has 0 bridgehead atoms. The second kappa shape index (κ2) is 9.15. The Kier molecular flexibility index (Phi) is 6.37. The lowest BCUT2D eigenvalue weighted by atomic mass is 10.1. The minimum Gasteiger partial charge on any atom is -0.378 e. The van der Waals surface area contributed by atoms with E-state index >= 15 is 0 Å². The van der Waals surface area contributed by atoms with Crippen LogP contribution in [0.3, 0.4) is 0 Å². The summed E-state index contributed by atoms with van der Waals surface area (Å²) in [6.45, 7) is 1.03. The Labute approximate surface area is 181 Å². The van der Waals surface area contributed by atoms with Crippen molar-refractivity contribution in [2.45, 2.75) is 19.1 Å². The predicted molar refractivity (Wildman–Crippen MR) is 121 cm³/mol. The topological polar surface area (TPSA) is 86.0 Å². The van der Waals surface area contributed by atoms with Crippen LogP contribution in [-0.4, -0.2) is 34.6 Å². The van der Waals surface area contributed by atoms with Gasteiger partial charge in [0, 0.05) is 37.1 Å². The van der Waals surface area contributed by atoms with Gasteiger partial charge in [0.1, 0.15) is 5.01 Å². The first kappa shape index (κ1) is 20.2. The van der Waals surface area contributed by atoms with E-state index in [4.69, 9.17) is 32.0 Å². The molecule has 3 heterocycles. The number of halogens is 1. The predicted octanol–water partition coefficient (Wildman–Crippen LogP) is 4.60. The maximum absolute atomic E-state index is 6.30. The Balaban J connectivity index is 1.48. The second-order valence-corrected chi connectivity index (χ2v) is 9.03. The summed E-state index contributed by atoms with van der Waals surface area (Å²) in [7, 11) is 1.67. The average molecular weight is 446 g/mol. The third kappa shape index (κ3) is 4.91. The van der Waals surface area contributed by atoms with Gasteiger partial charge in [-0.25, -0.2) is 9.97 Å². The number of nitrogens with zero attached hydrogens (tertiary/aromatic N) is 3. The molecule has 0 aliphatic rings. The quantitative estimate of drug-likeness (QED) is 0.412. The Hall–Kier alpha value is -2.10. The highest BCUT2D eigenvalue weighted by Crippen LogP contribution is 2.37. The van der Waals surface area contributed by atoms with Crippen LogP contribution in [0.4, 0.5) is 5.13 Å². The number of nitrogens with two attached hydrogens (primary N) is 1. The molecule has 0 saturated heterocycles. The summed E-state index contributed by atoms with van der Waals surface area (Å²) in [6, 6.07) is 9.64. The van der Waals surface area contributed by atoms with Crippen LogP contribution in [0.1, 0.15) is 11.3 Å². The highest BCUT2D eigenvalue weighted by Gasteiger charge is 2.17. The van der Waals surface area contributed by atoms with Crippen molar-refractivity contribution < 1.29 is 4.74 Å². The first-order valence-corrected chi connectivity index (χ1v) is 11.1. The molecular weight excluding hydrogens is 426 g/mol. The van der Waals surface area contributed by atoms with Gasteiger partial charge in [0.25, 0.3) is 0 Å². The van der Waals surface area contributed by atoms with E-state index in [0.717, 1.165) is 47.9 Å². The molecule has 6 nitrogen and oxygen atoms in total. The van der Waals surface area contributed by atoms with Crippen molar-refractivity contribution in [3.63, 3.8) is 0 Å². The molecule has 0 radical (unpaired) electrons. The summed E-state index contributed by atoms with van der Waals surface area (Å²) >= 11 is 9.23. The summed E-state index contributed by atoms with van der Waals surface area (Å²) in [4.78, 5) is 14.6. The Morgan fingerprint density at radius 1 is 1.24 bits per heavy atom. The molecule has 3 N–H and O–H groups in total. The van der Waals surface area contributed by atoms with E-state index in [-0.39, 0.29) is 6.04 Å². The van der Waals surface area contributed by atoms with E-state index < -0.39 is 0 Å². The highest BCUT2D eigenvalue weighted by atomic mass is 35.5. The van der Waals surface area contributed by atoms with Crippen LogP contribution in [0, 0.1) is 0 Å². The molecule has 9 heteroatoms. The summed E-state index contributed by atoms with van der Waals surface area (Å²) < 4.78 is 6.39. The lowest BCUT2D eigenvalue weighted by Crippen LogP contribution is -2.31. The number of methoxy groups -OCH3 is 1. The monoisotopic (exact) mass is 445 g/mol. The van der Waals surface area contributed by atoms with E-state index in [2.05, 4.69) is 10.3 Å². The van der Waals surface area contributed by atoms with Gasteiger partial charge in [-0.05, 0) is 30.2 Å². The lowest BCUT2D eigenvalue weighted by Gasteiger charge is -2.12. The molecule has 4 rings (SSSR count). The van der Waals surface area contributed by atoms with Gasteiger partial charge in [-0.1, -0.05) is 35.1 Å². The number of thiazole rings is 2. The number of hydrogen-bond donors (Lipinski definition) is 2. The number of anilines is 1. The number of hydrogen-bond acceptors (Lipinski definition) is 8. The number of fused-ring (bicyclic) bond motifs is 1. The molecule has 150 valence electrons. The van der Waals surface area contributed by atoms with Crippen LogP contribution in [-0.2, 0) is 17.8 Å². The van der Waals surface area contributed by atoms with Gasteiger partial charge < -0.3 is 15.8 Å². The van der Waals surface area contributed by atoms with Gasteiger partial charge in [-0.3, -0.25) is 4.98 Å². The Morgan fingerprint density at radius 2 is 2.14 bits per heavy atom. The third-order valence-electron chi connectivity index (χ3n) is 4.27. The fourth-order valence-corrected chi connectivity index (χ4v) is 5.18. The normalized spacial score (nSPS) is 12.4. The number of pyridine rings is 1. The zero-order valence-corrected chi connectivity index (χ0v) is 18.2. The first-order chi connectivity index (χ1) is 14.1. The van der Waals surface area contributed by atoms with E-state index in [1.165, 1.54) is 0 Å². The molecule has 29 heavy (non-hydrogen) atoms. The van der Waals surface area contributed by atoms with Crippen LogP contribution >= 0.6 is 34.3 Å². The van der Waals surface area contributed by atoms with Crippen LogP contribution in [0.25, 0.3) is 20.1 Å². The third-order valence-corrected chi connectivity index (χ3v) is 6.72. The van der Waals surface area contributed by atoms with E-state index in [0.29, 0.717) is 13.2 Å². The van der Waals surface area contributed by atoms with Gasteiger partial charge in [0.15, 0.2) is 5.13 Å². The van der Waals surface area contributed by atoms with Gasteiger partial charge in [0.05, 0.1) is 27.4 Å². The standard InChI is InChI=1S/C20H20ClN5OS2/c1-27-11-16-18(19-25-15-5-6-23-10-17(15)28-19)29-20(26-16)24-9-14(22)8-12-3-2-4-13(21)7-12/h2-7,10,14H,8-9,11,22H2,1H3,(H,24,26). The molecule has 0 spiro atoms. The number of aromatic nitrogens is 3. The minimum atomic E-state index is -0.0554. The molecule has 4 aromatic rings. The van der Waals surface area contributed by atoms with Crippen molar-refractivity contribution in [2.75, 3.05) is 19.0 Å². The second-order valence-electron chi connectivity index (χ2n) is 6.57. The number of ether oxygens (including phenoxy) is 1. The van der Waals surface area contributed by atoms with E-state index in [9.17, 15) is 0 Å². The first-order valence-electron chi connectivity index (χ1n) is 9.06. The molecule has 1 atom stereocenters. The molecular formula is C20H20ClN5OS2. The van der Waals surface area contributed by atoms with Gasteiger partial charge >= 0.3 is 0 Å². The Morgan fingerprint density at radius 3 is 2.93 bits per heavy atom. The van der Waals surface area contributed by atoms with Gasteiger partial charge in [-0.15, -0.1) is 11.3 Å². The molecule has 0 amide bonds. The molecule has 1 aromatic carbocycles. The van der Waals surface area contributed by atoms with Crippen molar-refractivity contribution in [1.82, 2.24) is 15.0 Å². The van der Waals surface area contributed by atoms with Crippen LogP contribution in [0.15, 0.2) is 42.7 Å². The van der Waals surface area contributed by atoms with Gasteiger partial charge in [-0.2, -0.15) is 0 Å². The average Bonchev–Trinajstić information content (AvgIpc) is 3.30. The van der Waals surface area contributed by atoms with Crippen LogP contribution in [0.5, 0.6) is 0 Å². The fraction of sp³-hybridized carbons (Fsp3) is 0.250. The van der Waals surface area contributed by atoms with E-state index in [1.54, 1.807) is 36.0 Å². The Bertz CT molecular complexity index is 1080.